The van der Waals surface area contributed by atoms with Crippen LogP contribution in [0.1, 0.15) is 42.1 Å². The zero-order chi connectivity index (χ0) is 21.6. The van der Waals surface area contributed by atoms with Crippen molar-refractivity contribution < 1.29 is 9.53 Å². The highest BCUT2D eigenvalue weighted by molar-refractivity contribution is 5.77. The van der Waals surface area contributed by atoms with Crippen molar-refractivity contribution in [3.8, 4) is 5.75 Å². The maximum Gasteiger partial charge on any atom is 0.258 e. The Morgan fingerprint density at radius 2 is 1.74 bits per heavy atom. The topological polar surface area (TPSA) is 41.6 Å². The third-order valence-corrected chi connectivity index (χ3v) is 5.61. The number of benzene rings is 3. The van der Waals surface area contributed by atoms with E-state index in [2.05, 4.69) is 83.0 Å². The molecule has 31 heavy (non-hydrogen) atoms. The summed E-state index contributed by atoms with van der Waals surface area (Å²) in [6, 6.07) is 27.8. The molecule has 4 rings (SSSR count). The van der Waals surface area contributed by atoms with Crippen LogP contribution in [0.5, 0.6) is 5.75 Å². The molecule has 4 heteroatoms. The van der Waals surface area contributed by atoms with Gasteiger partial charge in [0.1, 0.15) is 5.75 Å². The quantitative estimate of drug-likeness (QED) is 0.607. The summed E-state index contributed by atoms with van der Waals surface area (Å²) >= 11 is 0. The molecule has 0 radical (unpaired) electrons. The van der Waals surface area contributed by atoms with Crippen LogP contribution >= 0.6 is 0 Å². The number of amides is 1. The van der Waals surface area contributed by atoms with Gasteiger partial charge in [-0.1, -0.05) is 66.7 Å². The highest BCUT2D eigenvalue weighted by Gasteiger charge is 2.29. The van der Waals surface area contributed by atoms with Crippen molar-refractivity contribution in [1.29, 1.82) is 0 Å². The van der Waals surface area contributed by atoms with Gasteiger partial charge in [-0.15, -0.1) is 0 Å². The summed E-state index contributed by atoms with van der Waals surface area (Å²) in [6.07, 6.45) is 1.000. The monoisotopic (exact) mass is 414 g/mol. The Balaban J connectivity index is 1.62. The minimum atomic E-state index is -0.0990. The highest BCUT2D eigenvalue weighted by Crippen LogP contribution is 2.37. The molecule has 1 aliphatic rings. The van der Waals surface area contributed by atoms with Gasteiger partial charge in [0.25, 0.3) is 5.91 Å². The molecule has 160 valence electrons. The predicted molar refractivity (Wildman–Crippen MR) is 124 cm³/mol. The fraction of sp³-hybridized carbons (Fsp3) is 0.296. The zero-order valence-electron chi connectivity index (χ0n) is 18.3. The SMILES string of the molecule is CC(C)NC(=O)COc1ccc2c(c1)C(c1ccccc1)N(Cc1ccccc1)CC2. The number of carbonyl (C=O) groups is 1. The van der Waals surface area contributed by atoms with E-state index in [4.69, 9.17) is 4.74 Å². The second-order valence-corrected chi connectivity index (χ2v) is 8.39. The van der Waals surface area contributed by atoms with E-state index in [1.165, 1.54) is 22.3 Å². The second-order valence-electron chi connectivity index (χ2n) is 8.39. The molecule has 3 aromatic rings. The molecule has 0 saturated heterocycles. The minimum absolute atomic E-state index is 0.0285. The van der Waals surface area contributed by atoms with Crippen LogP contribution in [0.4, 0.5) is 0 Å². The first-order valence-corrected chi connectivity index (χ1v) is 11.0. The lowest BCUT2D eigenvalue weighted by molar-refractivity contribution is -0.123. The largest absolute Gasteiger partial charge is 0.484 e. The Morgan fingerprint density at radius 3 is 2.45 bits per heavy atom. The number of hydrogen-bond acceptors (Lipinski definition) is 3. The summed E-state index contributed by atoms with van der Waals surface area (Å²) < 4.78 is 5.84. The Morgan fingerprint density at radius 1 is 1.03 bits per heavy atom. The third-order valence-electron chi connectivity index (χ3n) is 5.61. The Bertz CT molecular complexity index is 1000. The van der Waals surface area contributed by atoms with Gasteiger partial charge in [0.05, 0.1) is 6.04 Å². The zero-order valence-corrected chi connectivity index (χ0v) is 18.3. The Hall–Kier alpha value is -3.11. The number of hydrogen-bond donors (Lipinski definition) is 1. The Kier molecular flexibility index (Phi) is 6.68. The number of ether oxygens (including phenoxy) is 1. The van der Waals surface area contributed by atoms with E-state index in [1.54, 1.807) is 0 Å². The number of fused-ring (bicyclic) bond motifs is 1. The average Bonchev–Trinajstić information content (AvgIpc) is 2.78. The molecule has 1 amide bonds. The highest BCUT2D eigenvalue weighted by atomic mass is 16.5. The van der Waals surface area contributed by atoms with Crippen molar-refractivity contribution in [2.24, 2.45) is 0 Å². The predicted octanol–water partition coefficient (Wildman–Crippen LogP) is 4.74. The molecule has 0 aliphatic carbocycles. The summed E-state index contributed by atoms with van der Waals surface area (Å²) in [5, 5.41) is 2.87. The molecular weight excluding hydrogens is 384 g/mol. The fourth-order valence-corrected chi connectivity index (χ4v) is 4.26. The van der Waals surface area contributed by atoms with Gasteiger partial charge in [-0.25, -0.2) is 0 Å². The van der Waals surface area contributed by atoms with E-state index in [-0.39, 0.29) is 24.6 Å². The first kappa shape index (κ1) is 21.1. The summed E-state index contributed by atoms with van der Waals surface area (Å²) in [4.78, 5) is 14.5. The van der Waals surface area contributed by atoms with Gasteiger partial charge in [-0.2, -0.15) is 0 Å². The van der Waals surface area contributed by atoms with Crippen molar-refractivity contribution in [2.75, 3.05) is 13.2 Å². The van der Waals surface area contributed by atoms with Crippen molar-refractivity contribution in [3.05, 3.63) is 101 Å². The van der Waals surface area contributed by atoms with Crippen molar-refractivity contribution in [1.82, 2.24) is 10.2 Å². The number of nitrogens with one attached hydrogen (secondary N) is 1. The van der Waals surface area contributed by atoms with Gasteiger partial charge in [-0.05, 0) is 54.7 Å². The molecule has 1 unspecified atom stereocenters. The summed E-state index contributed by atoms with van der Waals surface area (Å²) in [5.41, 5.74) is 5.19. The lowest BCUT2D eigenvalue weighted by Crippen LogP contribution is -2.36. The van der Waals surface area contributed by atoms with Crippen LogP contribution in [0.25, 0.3) is 0 Å². The number of carbonyl (C=O) groups excluding carboxylic acids is 1. The van der Waals surface area contributed by atoms with Gasteiger partial charge in [0, 0.05) is 19.1 Å². The maximum absolute atomic E-state index is 12.0. The summed E-state index contributed by atoms with van der Waals surface area (Å²) in [6.45, 7) is 5.81. The first-order chi connectivity index (χ1) is 15.1. The average molecular weight is 415 g/mol. The van der Waals surface area contributed by atoms with Crippen LogP contribution in [0.15, 0.2) is 78.9 Å². The summed E-state index contributed by atoms with van der Waals surface area (Å²) in [7, 11) is 0. The number of rotatable bonds is 7. The third kappa shape index (κ3) is 5.33. The molecule has 0 saturated carbocycles. The van der Waals surface area contributed by atoms with E-state index < -0.39 is 0 Å². The van der Waals surface area contributed by atoms with Gasteiger partial charge in [-0.3, -0.25) is 9.69 Å². The molecule has 0 bridgehead atoms. The van der Waals surface area contributed by atoms with Gasteiger partial charge in [0.2, 0.25) is 0 Å². The van der Waals surface area contributed by atoms with E-state index in [0.717, 1.165) is 25.3 Å². The minimum Gasteiger partial charge on any atom is -0.484 e. The standard InChI is InChI=1S/C27H30N2O2/c1-20(2)28-26(30)19-31-24-14-13-22-15-16-29(18-21-9-5-3-6-10-21)27(25(22)17-24)23-11-7-4-8-12-23/h3-14,17,20,27H,15-16,18-19H2,1-2H3,(H,28,30). The molecular formula is C27H30N2O2. The van der Waals surface area contributed by atoms with Crippen LogP contribution in [0.3, 0.4) is 0 Å². The molecule has 1 atom stereocenters. The normalized spacial score (nSPS) is 16.0. The van der Waals surface area contributed by atoms with Gasteiger partial charge in [0.15, 0.2) is 6.61 Å². The summed E-state index contributed by atoms with van der Waals surface area (Å²) in [5.74, 6) is 0.637. The molecule has 0 aromatic heterocycles. The van der Waals surface area contributed by atoms with E-state index in [0.29, 0.717) is 0 Å². The van der Waals surface area contributed by atoms with E-state index in [1.807, 2.05) is 19.9 Å². The molecule has 3 aromatic carbocycles. The van der Waals surface area contributed by atoms with Crippen LogP contribution in [0.2, 0.25) is 0 Å². The van der Waals surface area contributed by atoms with Gasteiger partial charge < -0.3 is 10.1 Å². The van der Waals surface area contributed by atoms with Crippen LogP contribution < -0.4 is 10.1 Å². The van der Waals surface area contributed by atoms with Crippen molar-refractivity contribution in [2.45, 2.75) is 38.9 Å². The first-order valence-electron chi connectivity index (χ1n) is 11.0. The van der Waals surface area contributed by atoms with Crippen LogP contribution in [-0.2, 0) is 17.8 Å². The fourth-order valence-electron chi connectivity index (χ4n) is 4.26. The van der Waals surface area contributed by atoms with E-state index >= 15 is 0 Å². The molecule has 0 spiro atoms. The molecule has 1 aliphatic heterocycles. The van der Waals surface area contributed by atoms with Gasteiger partial charge >= 0.3 is 0 Å². The second kappa shape index (κ2) is 9.80. The molecule has 0 fully saturated rings. The molecule has 1 heterocycles. The van der Waals surface area contributed by atoms with Crippen molar-refractivity contribution in [3.63, 3.8) is 0 Å². The van der Waals surface area contributed by atoms with Crippen molar-refractivity contribution >= 4 is 5.91 Å². The smallest absolute Gasteiger partial charge is 0.258 e. The Labute approximate surface area is 184 Å². The maximum atomic E-state index is 12.0. The lowest BCUT2D eigenvalue weighted by Gasteiger charge is -2.38. The number of nitrogens with zero attached hydrogens (tertiary/aromatic N) is 1. The lowest BCUT2D eigenvalue weighted by atomic mass is 9.87. The van der Waals surface area contributed by atoms with Crippen LogP contribution in [-0.4, -0.2) is 30.0 Å². The molecule has 4 nitrogen and oxygen atoms in total. The molecule has 1 N–H and O–H groups in total. The van der Waals surface area contributed by atoms with E-state index in [9.17, 15) is 4.79 Å². The van der Waals surface area contributed by atoms with Crippen LogP contribution in [0, 0.1) is 0 Å².